The van der Waals surface area contributed by atoms with Crippen molar-refractivity contribution in [1.29, 1.82) is 0 Å². The highest BCUT2D eigenvalue weighted by atomic mass is 35.5. The van der Waals surface area contributed by atoms with Gasteiger partial charge in [0.2, 0.25) is 0 Å². The molecule has 116 valence electrons. The van der Waals surface area contributed by atoms with Gasteiger partial charge in [0.15, 0.2) is 5.82 Å². The molecule has 0 spiro atoms. The van der Waals surface area contributed by atoms with Gasteiger partial charge in [-0.05, 0) is 29.8 Å². The molecule has 6 heteroatoms. The first kappa shape index (κ1) is 14.4. The minimum absolute atomic E-state index is 0.0783. The minimum Gasteiger partial charge on any atom is -0.337 e. The van der Waals surface area contributed by atoms with Gasteiger partial charge in [-0.2, -0.15) is 0 Å². The van der Waals surface area contributed by atoms with E-state index in [0.29, 0.717) is 17.4 Å². The van der Waals surface area contributed by atoms with Crippen LogP contribution in [-0.4, -0.2) is 23.1 Å². The number of fused-ring (bicyclic) bond motifs is 1. The van der Waals surface area contributed by atoms with Crippen molar-refractivity contribution in [3.63, 3.8) is 0 Å². The summed E-state index contributed by atoms with van der Waals surface area (Å²) >= 11 is 5.84. The SMILES string of the molecule is Fc1c(Cl)cccc1Nc1ncnc2ccc(C3CNC3)cc12. The van der Waals surface area contributed by atoms with Crippen LogP contribution < -0.4 is 10.6 Å². The van der Waals surface area contributed by atoms with Gasteiger partial charge < -0.3 is 10.6 Å². The quantitative estimate of drug-likeness (QED) is 0.766. The molecule has 1 fully saturated rings. The van der Waals surface area contributed by atoms with E-state index in [1.165, 1.54) is 18.0 Å². The van der Waals surface area contributed by atoms with Crippen LogP contribution in [0.25, 0.3) is 10.9 Å². The average molecular weight is 329 g/mol. The molecule has 4 rings (SSSR count). The third-order valence-electron chi connectivity index (χ3n) is 4.12. The van der Waals surface area contributed by atoms with Crippen molar-refractivity contribution >= 4 is 34.0 Å². The maximum absolute atomic E-state index is 14.1. The number of nitrogens with zero attached hydrogens (tertiary/aromatic N) is 2. The first-order valence-electron chi connectivity index (χ1n) is 7.39. The Labute approximate surface area is 137 Å². The fraction of sp³-hybridized carbons (Fsp3) is 0.176. The summed E-state index contributed by atoms with van der Waals surface area (Å²) in [6.45, 7) is 1.95. The normalized spacial score (nSPS) is 14.7. The van der Waals surface area contributed by atoms with Gasteiger partial charge in [0, 0.05) is 24.4 Å². The molecule has 2 N–H and O–H groups in total. The highest BCUT2D eigenvalue weighted by Gasteiger charge is 2.19. The highest BCUT2D eigenvalue weighted by molar-refractivity contribution is 6.31. The fourth-order valence-corrected chi connectivity index (χ4v) is 2.85. The van der Waals surface area contributed by atoms with Crippen LogP contribution in [0.4, 0.5) is 15.9 Å². The second-order valence-corrected chi connectivity index (χ2v) is 5.99. The van der Waals surface area contributed by atoms with Crippen LogP contribution in [0.2, 0.25) is 5.02 Å². The van der Waals surface area contributed by atoms with E-state index in [1.807, 2.05) is 6.07 Å². The third-order valence-corrected chi connectivity index (χ3v) is 4.41. The summed E-state index contributed by atoms with van der Waals surface area (Å²) in [6.07, 6.45) is 1.47. The van der Waals surface area contributed by atoms with Crippen LogP contribution in [0.1, 0.15) is 11.5 Å². The maximum atomic E-state index is 14.1. The maximum Gasteiger partial charge on any atom is 0.165 e. The van der Waals surface area contributed by atoms with Crippen molar-refractivity contribution in [2.45, 2.75) is 5.92 Å². The number of benzene rings is 2. The molecule has 1 aliphatic rings. The number of rotatable bonds is 3. The summed E-state index contributed by atoms with van der Waals surface area (Å²) in [5.74, 6) is 0.598. The zero-order valence-corrected chi connectivity index (χ0v) is 12.9. The lowest BCUT2D eigenvalue weighted by Crippen LogP contribution is -2.39. The Morgan fingerprint density at radius 2 is 2.04 bits per heavy atom. The predicted molar refractivity (Wildman–Crippen MR) is 89.8 cm³/mol. The van der Waals surface area contributed by atoms with E-state index in [-0.39, 0.29) is 5.02 Å². The average Bonchev–Trinajstić information content (AvgIpc) is 2.51. The van der Waals surface area contributed by atoms with Crippen molar-refractivity contribution in [1.82, 2.24) is 15.3 Å². The second-order valence-electron chi connectivity index (χ2n) is 5.58. The molecule has 3 aromatic rings. The summed E-state index contributed by atoms with van der Waals surface area (Å²) in [7, 11) is 0. The zero-order valence-electron chi connectivity index (χ0n) is 12.2. The molecule has 0 bridgehead atoms. The van der Waals surface area contributed by atoms with Crippen molar-refractivity contribution in [3.8, 4) is 0 Å². The highest BCUT2D eigenvalue weighted by Crippen LogP contribution is 2.30. The Balaban J connectivity index is 1.77. The summed E-state index contributed by atoms with van der Waals surface area (Å²) in [5.41, 5.74) is 2.36. The number of anilines is 2. The molecule has 0 unspecified atom stereocenters. The second kappa shape index (κ2) is 5.76. The number of hydrogen-bond donors (Lipinski definition) is 2. The summed E-state index contributed by atoms with van der Waals surface area (Å²) in [6, 6.07) is 11.0. The molecule has 1 aromatic heterocycles. The summed E-state index contributed by atoms with van der Waals surface area (Å²) < 4.78 is 14.1. The monoisotopic (exact) mass is 328 g/mol. The lowest BCUT2D eigenvalue weighted by Gasteiger charge is -2.27. The number of nitrogens with one attached hydrogen (secondary N) is 2. The first-order valence-corrected chi connectivity index (χ1v) is 7.76. The van der Waals surface area contributed by atoms with Gasteiger partial charge in [0.25, 0.3) is 0 Å². The lowest BCUT2D eigenvalue weighted by molar-refractivity contribution is 0.449. The fourth-order valence-electron chi connectivity index (χ4n) is 2.68. The molecular weight excluding hydrogens is 315 g/mol. The van der Waals surface area contributed by atoms with Gasteiger partial charge in [-0.3, -0.25) is 0 Å². The van der Waals surface area contributed by atoms with Gasteiger partial charge >= 0.3 is 0 Å². The molecule has 4 nitrogen and oxygen atoms in total. The van der Waals surface area contributed by atoms with Gasteiger partial charge in [-0.15, -0.1) is 0 Å². The van der Waals surface area contributed by atoms with Crippen LogP contribution in [0.5, 0.6) is 0 Å². The van der Waals surface area contributed by atoms with Crippen molar-refractivity contribution in [3.05, 3.63) is 59.1 Å². The van der Waals surface area contributed by atoms with Crippen LogP contribution >= 0.6 is 11.6 Å². The van der Waals surface area contributed by atoms with E-state index in [1.54, 1.807) is 12.1 Å². The molecular formula is C17H14ClFN4. The van der Waals surface area contributed by atoms with Crippen molar-refractivity contribution in [2.75, 3.05) is 18.4 Å². The van der Waals surface area contributed by atoms with E-state index in [2.05, 4.69) is 32.7 Å². The zero-order chi connectivity index (χ0) is 15.8. The Kier molecular flexibility index (Phi) is 3.59. The molecule has 0 amide bonds. The molecule has 2 heterocycles. The van der Waals surface area contributed by atoms with Crippen LogP contribution in [0.15, 0.2) is 42.7 Å². The Hall–Kier alpha value is -2.24. The minimum atomic E-state index is -0.486. The largest absolute Gasteiger partial charge is 0.337 e. The predicted octanol–water partition coefficient (Wildman–Crippen LogP) is 3.85. The van der Waals surface area contributed by atoms with Crippen molar-refractivity contribution < 1.29 is 4.39 Å². The molecule has 0 atom stereocenters. The summed E-state index contributed by atoms with van der Waals surface area (Å²) in [4.78, 5) is 8.55. The smallest absolute Gasteiger partial charge is 0.165 e. The van der Waals surface area contributed by atoms with Crippen LogP contribution in [-0.2, 0) is 0 Å². The number of aromatic nitrogens is 2. The summed E-state index contributed by atoms with van der Waals surface area (Å²) in [5, 5.41) is 7.25. The third kappa shape index (κ3) is 2.62. The van der Waals surface area contributed by atoms with E-state index >= 15 is 0 Å². The van der Waals surface area contributed by atoms with Crippen molar-refractivity contribution in [2.24, 2.45) is 0 Å². The molecule has 0 radical (unpaired) electrons. The number of hydrogen-bond acceptors (Lipinski definition) is 4. The van der Waals surface area contributed by atoms with Gasteiger partial charge in [0.05, 0.1) is 16.2 Å². The molecule has 2 aromatic carbocycles. The Morgan fingerprint density at radius 3 is 2.83 bits per heavy atom. The molecule has 0 aliphatic carbocycles. The standard InChI is InChI=1S/C17H14ClFN4/c18-13-2-1-3-15(16(13)19)23-17-12-6-10(11-7-20-8-11)4-5-14(12)21-9-22-17/h1-6,9,11,20H,7-8H2,(H,21,22,23). The topological polar surface area (TPSA) is 49.8 Å². The Bertz CT molecular complexity index is 880. The molecule has 23 heavy (non-hydrogen) atoms. The van der Waals surface area contributed by atoms with E-state index in [9.17, 15) is 4.39 Å². The molecule has 1 aliphatic heterocycles. The van der Waals surface area contributed by atoms with Crippen LogP contribution in [0, 0.1) is 5.82 Å². The van der Waals surface area contributed by atoms with Gasteiger partial charge in [-0.25, -0.2) is 14.4 Å². The van der Waals surface area contributed by atoms with E-state index in [4.69, 9.17) is 11.6 Å². The first-order chi connectivity index (χ1) is 11.2. The number of halogens is 2. The molecule has 0 saturated carbocycles. The van der Waals surface area contributed by atoms with Gasteiger partial charge in [0.1, 0.15) is 12.1 Å². The molecule has 1 saturated heterocycles. The van der Waals surface area contributed by atoms with Crippen LogP contribution in [0.3, 0.4) is 0 Å². The Morgan fingerprint density at radius 1 is 1.17 bits per heavy atom. The van der Waals surface area contributed by atoms with E-state index < -0.39 is 5.82 Å². The lowest BCUT2D eigenvalue weighted by atomic mass is 9.93. The van der Waals surface area contributed by atoms with E-state index in [0.717, 1.165) is 24.0 Å². The van der Waals surface area contributed by atoms with Gasteiger partial charge in [-0.1, -0.05) is 23.7 Å².